The van der Waals surface area contributed by atoms with Gasteiger partial charge in [-0.25, -0.2) is 14.8 Å². The molecule has 29 heavy (non-hydrogen) atoms. The van der Waals surface area contributed by atoms with Gasteiger partial charge in [-0.05, 0) is 26.0 Å². The second-order valence-corrected chi connectivity index (χ2v) is 6.31. The third kappa shape index (κ3) is 4.63. The Morgan fingerprint density at radius 1 is 1.17 bits per heavy atom. The molecule has 0 atom stereocenters. The smallest absolute Gasteiger partial charge is 0.341 e. The van der Waals surface area contributed by atoms with Crippen molar-refractivity contribution >= 4 is 52.4 Å². The third-order valence-corrected chi connectivity index (χ3v) is 4.39. The van der Waals surface area contributed by atoms with Crippen LogP contribution in [-0.4, -0.2) is 36.8 Å². The molecule has 3 aromatic rings. The minimum atomic E-state index is -0.486. The highest BCUT2D eigenvalue weighted by molar-refractivity contribution is 6.32. The summed E-state index contributed by atoms with van der Waals surface area (Å²) in [5.41, 5.74) is 2.70. The zero-order valence-corrected chi connectivity index (χ0v) is 18.0. The third-order valence-electron chi connectivity index (χ3n) is 4.10. The summed E-state index contributed by atoms with van der Waals surface area (Å²) in [6.07, 6.45) is 1.45. The first-order valence-electron chi connectivity index (χ1n) is 8.60. The van der Waals surface area contributed by atoms with Gasteiger partial charge in [0.2, 0.25) is 0 Å². The molecule has 0 saturated heterocycles. The van der Waals surface area contributed by atoms with E-state index in [0.717, 1.165) is 5.69 Å². The number of carbonyl (C=O) groups excluding carboxylic acids is 1. The van der Waals surface area contributed by atoms with Crippen LogP contribution < -0.4 is 14.8 Å². The molecule has 0 fully saturated rings. The largest absolute Gasteiger partial charge is 0.495 e. The number of nitrogens with zero attached hydrogens (tertiary/aromatic N) is 2. The van der Waals surface area contributed by atoms with Crippen molar-refractivity contribution in [1.29, 1.82) is 0 Å². The first-order chi connectivity index (χ1) is 13.5. The fourth-order valence-electron chi connectivity index (χ4n) is 2.76. The predicted octanol–water partition coefficient (Wildman–Crippen LogP) is 4.95. The molecule has 0 saturated carbocycles. The number of aryl methyl sites for hydroxylation is 1. The Balaban J connectivity index is 0.00000300. The number of aromatic nitrogens is 2. The van der Waals surface area contributed by atoms with Crippen molar-refractivity contribution in [3.63, 3.8) is 0 Å². The molecule has 0 unspecified atom stereocenters. The van der Waals surface area contributed by atoms with E-state index in [1.807, 2.05) is 19.1 Å². The van der Waals surface area contributed by atoms with Gasteiger partial charge >= 0.3 is 5.97 Å². The molecule has 7 nitrogen and oxygen atoms in total. The van der Waals surface area contributed by atoms with Crippen molar-refractivity contribution in [3.8, 4) is 11.5 Å². The topological polar surface area (TPSA) is 82.6 Å². The van der Waals surface area contributed by atoms with E-state index in [2.05, 4.69) is 15.3 Å². The molecular formula is C20H21Cl2N3O4. The van der Waals surface area contributed by atoms with Crippen molar-refractivity contribution < 1.29 is 19.0 Å². The van der Waals surface area contributed by atoms with Crippen LogP contribution in [0.5, 0.6) is 11.5 Å². The Morgan fingerprint density at radius 3 is 2.55 bits per heavy atom. The molecule has 0 aliphatic carbocycles. The summed E-state index contributed by atoms with van der Waals surface area (Å²) < 4.78 is 15.9. The van der Waals surface area contributed by atoms with Crippen molar-refractivity contribution in [2.75, 3.05) is 26.1 Å². The second kappa shape index (κ2) is 9.62. The van der Waals surface area contributed by atoms with Crippen LogP contribution in [0, 0.1) is 6.92 Å². The molecule has 1 N–H and O–H groups in total. The van der Waals surface area contributed by atoms with E-state index >= 15 is 0 Å². The highest BCUT2D eigenvalue weighted by atomic mass is 35.5. The summed E-state index contributed by atoms with van der Waals surface area (Å²) in [4.78, 5) is 21.2. The Bertz CT molecular complexity index is 1040. The van der Waals surface area contributed by atoms with Crippen molar-refractivity contribution in [2.45, 2.75) is 13.8 Å². The number of methoxy groups -OCH3 is 2. The van der Waals surface area contributed by atoms with E-state index in [4.69, 9.17) is 25.8 Å². The lowest BCUT2D eigenvalue weighted by molar-refractivity contribution is 0.0527. The fraction of sp³-hybridized carbons (Fsp3) is 0.250. The van der Waals surface area contributed by atoms with Crippen molar-refractivity contribution in [3.05, 3.63) is 46.7 Å². The standard InChI is InChI=1S/C20H20ClN3O4.ClH/c1-5-28-20(25)13-10-22-19-12(7-6-11(2)23-19)18(13)24-15-9-16(26-3)14(21)8-17(15)27-4;/h6-10H,5H2,1-4H3,(H,22,23,24);1H. The zero-order valence-electron chi connectivity index (χ0n) is 16.4. The van der Waals surface area contributed by atoms with Crippen molar-refractivity contribution in [2.24, 2.45) is 0 Å². The van der Waals surface area contributed by atoms with Crippen LogP contribution in [0.15, 0.2) is 30.5 Å². The van der Waals surface area contributed by atoms with E-state index in [-0.39, 0.29) is 24.6 Å². The van der Waals surface area contributed by atoms with Gasteiger partial charge in [-0.1, -0.05) is 11.6 Å². The lowest BCUT2D eigenvalue weighted by Crippen LogP contribution is -2.10. The molecule has 1 aromatic carbocycles. The average molecular weight is 438 g/mol. The Morgan fingerprint density at radius 2 is 1.90 bits per heavy atom. The summed E-state index contributed by atoms with van der Waals surface area (Å²) in [5.74, 6) is 0.473. The van der Waals surface area contributed by atoms with Crippen molar-refractivity contribution in [1.82, 2.24) is 9.97 Å². The van der Waals surface area contributed by atoms with Gasteiger partial charge < -0.3 is 19.5 Å². The number of halogens is 2. The minimum Gasteiger partial charge on any atom is -0.495 e. The fourth-order valence-corrected chi connectivity index (χ4v) is 2.99. The van der Waals surface area contributed by atoms with E-state index in [0.29, 0.717) is 38.9 Å². The number of pyridine rings is 2. The number of hydrogen-bond donors (Lipinski definition) is 1. The normalized spacial score (nSPS) is 10.2. The summed E-state index contributed by atoms with van der Waals surface area (Å²) in [6.45, 7) is 3.87. The summed E-state index contributed by atoms with van der Waals surface area (Å²) in [5, 5.41) is 4.33. The second-order valence-electron chi connectivity index (χ2n) is 5.90. The van der Waals surface area contributed by atoms with Crippen LogP contribution in [0.1, 0.15) is 23.0 Å². The Kier molecular flexibility index (Phi) is 7.47. The van der Waals surface area contributed by atoms with Crippen LogP contribution in [-0.2, 0) is 4.74 Å². The van der Waals surface area contributed by atoms with E-state index in [1.165, 1.54) is 20.4 Å². The minimum absolute atomic E-state index is 0. The number of carbonyl (C=O) groups is 1. The van der Waals surface area contributed by atoms with Crippen LogP contribution in [0.4, 0.5) is 11.4 Å². The quantitative estimate of drug-likeness (QED) is 0.546. The van der Waals surface area contributed by atoms with Gasteiger partial charge in [0, 0.05) is 29.4 Å². The molecule has 0 aliphatic heterocycles. The zero-order chi connectivity index (χ0) is 20.3. The number of anilines is 2. The Hall–Kier alpha value is -2.77. The molecule has 0 bridgehead atoms. The molecule has 2 aromatic heterocycles. The predicted molar refractivity (Wildman–Crippen MR) is 115 cm³/mol. The molecule has 0 radical (unpaired) electrons. The van der Waals surface area contributed by atoms with Crippen LogP contribution >= 0.6 is 24.0 Å². The summed E-state index contributed by atoms with van der Waals surface area (Å²) in [7, 11) is 3.06. The highest BCUT2D eigenvalue weighted by Gasteiger charge is 2.20. The average Bonchev–Trinajstić information content (AvgIpc) is 2.68. The molecule has 2 heterocycles. The molecule has 3 rings (SSSR count). The summed E-state index contributed by atoms with van der Waals surface area (Å²) >= 11 is 6.19. The molecule has 0 amide bonds. The maximum Gasteiger partial charge on any atom is 0.341 e. The van der Waals surface area contributed by atoms with Gasteiger partial charge in [-0.15, -0.1) is 12.4 Å². The van der Waals surface area contributed by atoms with Gasteiger partial charge in [0.05, 0.1) is 37.2 Å². The van der Waals surface area contributed by atoms with E-state index in [1.54, 1.807) is 19.1 Å². The molecule has 9 heteroatoms. The number of ether oxygens (including phenoxy) is 3. The molecule has 0 spiro atoms. The number of benzene rings is 1. The maximum absolute atomic E-state index is 12.5. The number of nitrogens with one attached hydrogen (secondary N) is 1. The van der Waals surface area contributed by atoms with Gasteiger partial charge in [0.15, 0.2) is 5.65 Å². The number of fused-ring (bicyclic) bond motifs is 1. The lowest BCUT2D eigenvalue weighted by atomic mass is 10.1. The summed E-state index contributed by atoms with van der Waals surface area (Å²) in [6, 6.07) is 7.04. The SMILES string of the molecule is CCOC(=O)c1cnc2nc(C)ccc2c1Nc1cc(OC)c(Cl)cc1OC.Cl. The van der Waals surface area contributed by atoms with Gasteiger partial charge in [-0.3, -0.25) is 0 Å². The number of hydrogen-bond acceptors (Lipinski definition) is 7. The Labute approximate surface area is 179 Å². The molecule has 0 aliphatic rings. The van der Waals surface area contributed by atoms with E-state index in [9.17, 15) is 4.79 Å². The lowest BCUT2D eigenvalue weighted by Gasteiger charge is -2.17. The maximum atomic E-state index is 12.5. The molecule has 154 valence electrons. The highest BCUT2D eigenvalue weighted by Crippen LogP contribution is 2.39. The van der Waals surface area contributed by atoms with Crippen LogP contribution in [0.2, 0.25) is 5.02 Å². The van der Waals surface area contributed by atoms with Gasteiger partial charge in [-0.2, -0.15) is 0 Å². The van der Waals surface area contributed by atoms with Gasteiger partial charge in [0.1, 0.15) is 17.1 Å². The number of rotatable bonds is 6. The van der Waals surface area contributed by atoms with Crippen LogP contribution in [0.25, 0.3) is 11.0 Å². The van der Waals surface area contributed by atoms with Crippen LogP contribution in [0.3, 0.4) is 0 Å². The monoisotopic (exact) mass is 437 g/mol. The van der Waals surface area contributed by atoms with E-state index < -0.39 is 5.97 Å². The molecular weight excluding hydrogens is 417 g/mol. The number of esters is 1. The first-order valence-corrected chi connectivity index (χ1v) is 8.98. The first kappa shape index (κ1) is 22.5. The van der Waals surface area contributed by atoms with Gasteiger partial charge in [0.25, 0.3) is 0 Å².